The van der Waals surface area contributed by atoms with Gasteiger partial charge >= 0.3 is 0 Å². The number of nitrogens with two attached hydrogens (primary N) is 1. The molecule has 162 valence electrons. The van der Waals surface area contributed by atoms with E-state index in [1.807, 2.05) is 48.2 Å². The van der Waals surface area contributed by atoms with Crippen molar-refractivity contribution in [2.24, 2.45) is 5.73 Å². The Balaban J connectivity index is 1.26. The van der Waals surface area contributed by atoms with Gasteiger partial charge in [-0.2, -0.15) is 0 Å². The van der Waals surface area contributed by atoms with Crippen molar-refractivity contribution in [1.29, 1.82) is 0 Å². The van der Waals surface area contributed by atoms with Crippen molar-refractivity contribution < 1.29 is 13.9 Å². The van der Waals surface area contributed by atoms with Gasteiger partial charge in [-0.3, -0.25) is 4.79 Å². The third-order valence-corrected chi connectivity index (χ3v) is 6.56. The lowest BCUT2D eigenvalue weighted by atomic mass is 9.74. The molecular formula is C27H26N2O3. The highest BCUT2D eigenvalue weighted by molar-refractivity contribution is 5.91. The predicted molar refractivity (Wildman–Crippen MR) is 123 cm³/mol. The highest BCUT2D eigenvalue weighted by Gasteiger charge is 2.44. The lowest BCUT2D eigenvalue weighted by Crippen LogP contribution is -2.46. The summed E-state index contributed by atoms with van der Waals surface area (Å²) in [5.41, 5.74) is 10.3. The number of ether oxygens (including phenoxy) is 1. The minimum Gasteiger partial charge on any atom is -0.492 e. The molecule has 3 heterocycles. The first-order valence-corrected chi connectivity index (χ1v) is 11.0. The molecule has 5 heteroatoms. The zero-order valence-electron chi connectivity index (χ0n) is 18.2. The Morgan fingerprint density at radius 3 is 2.59 bits per heavy atom. The molecule has 0 unspecified atom stereocenters. The number of likely N-dealkylation sites (tertiary alicyclic amines) is 1. The van der Waals surface area contributed by atoms with Gasteiger partial charge in [-0.25, -0.2) is 0 Å². The summed E-state index contributed by atoms with van der Waals surface area (Å²) in [6.45, 7) is 4.55. The van der Waals surface area contributed by atoms with Gasteiger partial charge in [0.2, 0.25) is 0 Å². The second-order valence-electron chi connectivity index (χ2n) is 8.68. The number of hydrogen-bond acceptors (Lipinski definition) is 4. The number of amides is 1. The van der Waals surface area contributed by atoms with Gasteiger partial charge in [0.15, 0.2) is 11.5 Å². The molecule has 5 rings (SSSR count). The average Bonchev–Trinajstić information content (AvgIpc) is 3.44. The summed E-state index contributed by atoms with van der Waals surface area (Å²) in [5.74, 6) is 7.78. The van der Waals surface area contributed by atoms with E-state index in [-0.39, 0.29) is 11.3 Å². The highest BCUT2D eigenvalue weighted by Crippen LogP contribution is 2.46. The molecule has 2 aliphatic rings. The minimum atomic E-state index is -0.0851. The van der Waals surface area contributed by atoms with Crippen LogP contribution >= 0.6 is 0 Å². The molecule has 2 aliphatic heterocycles. The molecule has 2 N–H and O–H groups in total. The Labute approximate surface area is 188 Å². The first kappa shape index (κ1) is 20.4. The zero-order chi connectivity index (χ0) is 22.1. The zero-order valence-corrected chi connectivity index (χ0v) is 18.2. The Bertz CT molecular complexity index is 1210. The Morgan fingerprint density at radius 1 is 1.06 bits per heavy atom. The van der Waals surface area contributed by atoms with Crippen molar-refractivity contribution in [3.63, 3.8) is 0 Å². The van der Waals surface area contributed by atoms with E-state index >= 15 is 0 Å². The number of carbonyl (C=O) groups excluding carboxylic acids is 1. The van der Waals surface area contributed by atoms with E-state index in [2.05, 4.69) is 17.9 Å². The molecule has 1 fully saturated rings. The summed E-state index contributed by atoms with van der Waals surface area (Å²) < 4.78 is 11.7. The van der Waals surface area contributed by atoms with Crippen LogP contribution in [0.3, 0.4) is 0 Å². The second-order valence-corrected chi connectivity index (χ2v) is 8.68. The number of rotatable bonds is 2. The van der Waals surface area contributed by atoms with E-state index < -0.39 is 0 Å². The van der Waals surface area contributed by atoms with Crippen LogP contribution in [0.4, 0.5) is 0 Å². The van der Waals surface area contributed by atoms with Gasteiger partial charge in [0.05, 0.1) is 6.61 Å². The molecule has 0 bridgehead atoms. The quantitative estimate of drug-likeness (QED) is 0.629. The van der Waals surface area contributed by atoms with E-state index in [0.29, 0.717) is 37.8 Å². The number of benzene rings is 2. The molecular weight excluding hydrogens is 400 g/mol. The van der Waals surface area contributed by atoms with Crippen LogP contribution < -0.4 is 10.5 Å². The van der Waals surface area contributed by atoms with Crippen molar-refractivity contribution in [3.8, 4) is 17.6 Å². The molecule has 2 aromatic carbocycles. The van der Waals surface area contributed by atoms with Gasteiger partial charge in [-0.15, -0.1) is 0 Å². The largest absolute Gasteiger partial charge is 0.492 e. The van der Waals surface area contributed by atoms with Crippen molar-refractivity contribution in [1.82, 2.24) is 4.90 Å². The van der Waals surface area contributed by atoms with E-state index in [4.69, 9.17) is 14.9 Å². The Kier molecular flexibility index (Phi) is 5.24. The standard InChI is InChI=1S/C27H26N2O3/c1-19-2-4-20(5-3-19)6-8-22-9-11-25(32-22)26(30)29-14-12-27(13-15-29)18-31-24-10-7-21(17-28)16-23(24)27/h2-5,7,9-11,16H,12-15,17-18,28H2,1H3. The number of nitrogens with zero attached hydrogens (tertiary/aromatic N) is 1. The smallest absolute Gasteiger partial charge is 0.289 e. The van der Waals surface area contributed by atoms with Crippen LogP contribution in [0.2, 0.25) is 0 Å². The number of carbonyl (C=O) groups is 1. The summed E-state index contributed by atoms with van der Waals surface area (Å²) in [6, 6.07) is 17.7. The van der Waals surface area contributed by atoms with E-state index in [9.17, 15) is 4.79 Å². The topological polar surface area (TPSA) is 68.7 Å². The Hall–Kier alpha value is -3.49. The summed E-state index contributed by atoms with van der Waals surface area (Å²) in [5, 5.41) is 0. The van der Waals surface area contributed by atoms with Crippen molar-refractivity contribution in [2.75, 3.05) is 19.7 Å². The van der Waals surface area contributed by atoms with Gasteiger partial charge in [-0.1, -0.05) is 35.7 Å². The van der Waals surface area contributed by atoms with Crippen LogP contribution in [-0.2, 0) is 12.0 Å². The third kappa shape index (κ3) is 3.79. The van der Waals surface area contributed by atoms with E-state index in [1.54, 1.807) is 12.1 Å². The molecule has 1 saturated heterocycles. The first-order chi connectivity index (χ1) is 15.6. The molecule has 32 heavy (non-hydrogen) atoms. The number of furan rings is 1. The molecule has 0 saturated carbocycles. The van der Waals surface area contributed by atoms with Gasteiger partial charge < -0.3 is 19.8 Å². The van der Waals surface area contributed by atoms with Crippen LogP contribution in [0.5, 0.6) is 5.75 Å². The molecule has 0 radical (unpaired) electrons. The summed E-state index contributed by atoms with van der Waals surface area (Å²) in [7, 11) is 0. The van der Waals surface area contributed by atoms with Crippen LogP contribution in [0.1, 0.15) is 51.4 Å². The summed E-state index contributed by atoms with van der Waals surface area (Å²) in [6.07, 6.45) is 1.72. The van der Waals surface area contributed by atoms with Crippen LogP contribution in [0, 0.1) is 18.8 Å². The van der Waals surface area contributed by atoms with Crippen molar-refractivity contribution >= 4 is 5.91 Å². The van der Waals surface area contributed by atoms with Crippen LogP contribution in [0.25, 0.3) is 0 Å². The van der Waals surface area contributed by atoms with Gasteiger partial charge in [-0.05, 0) is 61.6 Å². The number of hydrogen-bond donors (Lipinski definition) is 1. The van der Waals surface area contributed by atoms with E-state index in [0.717, 1.165) is 29.7 Å². The third-order valence-electron chi connectivity index (χ3n) is 6.56. The summed E-state index contributed by atoms with van der Waals surface area (Å²) >= 11 is 0. The fourth-order valence-corrected chi connectivity index (χ4v) is 4.54. The first-order valence-electron chi connectivity index (χ1n) is 11.0. The van der Waals surface area contributed by atoms with Crippen LogP contribution in [0.15, 0.2) is 59.0 Å². The molecule has 0 atom stereocenters. The summed E-state index contributed by atoms with van der Waals surface area (Å²) in [4.78, 5) is 14.9. The van der Waals surface area contributed by atoms with Gasteiger partial charge in [0.1, 0.15) is 5.75 Å². The number of piperidine rings is 1. The maximum atomic E-state index is 13.0. The van der Waals surface area contributed by atoms with Gasteiger partial charge in [0.25, 0.3) is 5.91 Å². The number of fused-ring (bicyclic) bond motifs is 2. The average molecular weight is 427 g/mol. The van der Waals surface area contributed by atoms with Gasteiger partial charge in [0, 0.05) is 36.2 Å². The lowest BCUT2D eigenvalue weighted by molar-refractivity contribution is 0.0615. The number of aryl methyl sites for hydroxylation is 1. The molecule has 3 aromatic rings. The fraction of sp³-hybridized carbons (Fsp3) is 0.296. The molecule has 1 amide bonds. The lowest BCUT2D eigenvalue weighted by Gasteiger charge is -2.38. The SMILES string of the molecule is Cc1ccc(C#Cc2ccc(C(=O)N3CCC4(CC3)COc3ccc(CN)cc34)o2)cc1. The van der Waals surface area contributed by atoms with Crippen LogP contribution in [-0.4, -0.2) is 30.5 Å². The molecule has 5 nitrogen and oxygen atoms in total. The maximum absolute atomic E-state index is 13.0. The normalized spacial score (nSPS) is 16.2. The highest BCUT2D eigenvalue weighted by atomic mass is 16.5. The fourth-order valence-electron chi connectivity index (χ4n) is 4.54. The molecule has 1 spiro atoms. The van der Waals surface area contributed by atoms with Crippen molar-refractivity contribution in [3.05, 3.63) is 88.4 Å². The van der Waals surface area contributed by atoms with E-state index in [1.165, 1.54) is 11.1 Å². The maximum Gasteiger partial charge on any atom is 0.289 e. The predicted octanol–water partition coefficient (Wildman–Crippen LogP) is 4.01. The molecule has 0 aliphatic carbocycles. The second kappa shape index (κ2) is 8.22. The monoisotopic (exact) mass is 426 g/mol. The molecule has 1 aromatic heterocycles. The minimum absolute atomic E-state index is 0.0366. The van der Waals surface area contributed by atoms with Crippen molar-refractivity contribution in [2.45, 2.75) is 31.7 Å². The Morgan fingerprint density at radius 2 is 1.84 bits per heavy atom.